The van der Waals surface area contributed by atoms with Gasteiger partial charge >= 0.3 is 0 Å². The van der Waals surface area contributed by atoms with Crippen LogP contribution < -0.4 is 0 Å². The van der Waals surface area contributed by atoms with Crippen LogP contribution in [0, 0.1) is 13.0 Å². The van der Waals surface area contributed by atoms with Gasteiger partial charge in [-0.15, -0.1) is 0 Å². The number of hydroxylamine groups is 2. The Kier molecular flexibility index (Phi) is 3.83. The average molecular weight is 158 g/mol. The molecule has 0 aliphatic carbocycles. The number of hydrogen-bond acceptors (Lipinski definition) is 3. The number of hydrogen-bond donors (Lipinski definition) is 0. The maximum Gasteiger partial charge on any atom is 0.0541 e. The molecular formula is C8H16NO2-. The van der Waals surface area contributed by atoms with Gasteiger partial charge in [0.1, 0.15) is 0 Å². The Hall–Kier alpha value is -0.120. The summed E-state index contributed by atoms with van der Waals surface area (Å²) in [5.74, 6) is 0.598. The minimum absolute atomic E-state index is 0.598. The Morgan fingerprint density at radius 1 is 1.73 bits per heavy atom. The van der Waals surface area contributed by atoms with E-state index >= 15 is 0 Å². The minimum atomic E-state index is 0.598. The molecule has 11 heavy (non-hydrogen) atoms. The molecule has 0 aromatic heterocycles. The first-order valence-corrected chi connectivity index (χ1v) is 4.03. The van der Waals surface area contributed by atoms with Crippen LogP contribution in [0.3, 0.4) is 0 Å². The first kappa shape index (κ1) is 8.97. The summed E-state index contributed by atoms with van der Waals surface area (Å²) < 4.78 is 5.32. The van der Waals surface area contributed by atoms with Crippen LogP contribution in [0.4, 0.5) is 0 Å². The standard InChI is InChI=1S/C8H16NO2/c1-9(10-2)6-8-4-3-5-11-7-8/h8H,1,3-7H2,2H3/q-1. The van der Waals surface area contributed by atoms with Gasteiger partial charge in [-0.25, -0.2) is 0 Å². The van der Waals surface area contributed by atoms with Crippen LogP contribution in [0.25, 0.3) is 0 Å². The van der Waals surface area contributed by atoms with Crippen LogP contribution in [0.1, 0.15) is 12.8 Å². The Bertz CT molecular complexity index is 102. The third kappa shape index (κ3) is 3.18. The quantitative estimate of drug-likeness (QED) is 0.453. The van der Waals surface area contributed by atoms with Crippen LogP contribution in [0.5, 0.6) is 0 Å². The lowest BCUT2D eigenvalue weighted by Crippen LogP contribution is -2.29. The summed E-state index contributed by atoms with van der Waals surface area (Å²) in [5, 5.41) is 1.61. The molecular weight excluding hydrogens is 142 g/mol. The predicted molar refractivity (Wildman–Crippen MR) is 42.6 cm³/mol. The van der Waals surface area contributed by atoms with Gasteiger partial charge in [0.2, 0.25) is 0 Å². The van der Waals surface area contributed by atoms with E-state index in [1.807, 2.05) is 0 Å². The van der Waals surface area contributed by atoms with Crippen molar-refractivity contribution in [3.8, 4) is 0 Å². The maximum atomic E-state index is 5.32. The summed E-state index contributed by atoms with van der Waals surface area (Å²) in [6, 6.07) is 0. The van der Waals surface area contributed by atoms with Crippen molar-refractivity contribution in [2.45, 2.75) is 12.8 Å². The summed E-state index contributed by atoms with van der Waals surface area (Å²) in [7, 11) is 5.34. The maximum absolute atomic E-state index is 5.32. The zero-order valence-corrected chi connectivity index (χ0v) is 7.08. The molecule has 1 aliphatic rings. The van der Waals surface area contributed by atoms with Crippen molar-refractivity contribution in [3.63, 3.8) is 0 Å². The van der Waals surface area contributed by atoms with E-state index in [1.54, 1.807) is 12.2 Å². The zero-order valence-electron chi connectivity index (χ0n) is 7.08. The molecule has 1 aliphatic heterocycles. The molecule has 1 saturated heterocycles. The molecule has 1 fully saturated rings. The van der Waals surface area contributed by atoms with Crippen molar-refractivity contribution in [1.82, 2.24) is 5.06 Å². The fourth-order valence-corrected chi connectivity index (χ4v) is 1.31. The summed E-state index contributed by atoms with van der Waals surface area (Å²) in [6.07, 6.45) is 2.40. The lowest BCUT2D eigenvalue weighted by Gasteiger charge is -2.29. The second-order valence-corrected chi connectivity index (χ2v) is 2.93. The van der Waals surface area contributed by atoms with Crippen molar-refractivity contribution < 1.29 is 9.57 Å². The Balaban J connectivity index is 2.13. The van der Waals surface area contributed by atoms with Crippen LogP contribution >= 0.6 is 0 Å². The molecule has 0 N–H and O–H groups in total. The smallest absolute Gasteiger partial charge is 0.0541 e. The molecule has 66 valence electrons. The van der Waals surface area contributed by atoms with Crippen molar-refractivity contribution in [3.05, 3.63) is 7.05 Å². The summed E-state index contributed by atoms with van der Waals surface area (Å²) in [6.45, 7) is 2.65. The molecule has 0 saturated carbocycles. The molecule has 3 nitrogen and oxygen atoms in total. The molecule has 0 aromatic rings. The van der Waals surface area contributed by atoms with Crippen molar-refractivity contribution in [2.75, 3.05) is 26.9 Å². The van der Waals surface area contributed by atoms with Gasteiger partial charge in [0.05, 0.1) is 13.7 Å². The summed E-state index contributed by atoms with van der Waals surface area (Å²) in [5.41, 5.74) is 0. The highest BCUT2D eigenvalue weighted by Gasteiger charge is 2.13. The molecule has 0 amide bonds. The van der Waals surface area contributed by atoms with Gasteiger partial charge < -0.3 is 14.6 Å². The van der Waals surface area contributed by atoms with Gasteiger partial charge in [0.15, 0.2) is 0 Å². The van der Waals surface area contributed by atoms with E-state index in [9.17, 15) is 0 Å². The summed E-state index contributed by atoms with van der Waals surface area (Å²) in [4.78, 5) is 4.92. The molecule has 3 heteroatoms. The van der Waals surface area contributed by atoms with E-state index in [1.165, 1.54) is 12.8 Å². The van der Waals surface area contributed by atoms with E-state index in [4.69, 9.17) is 9.57 Å². The van der Waals surface area contributed by atoms with Crippen LogP contribution in [0.2, 0.25) is 0 Å². The van der Waals surface area contributed by atoms with Crippen molar-refractivity contribution >= 4 is 0 Å². The fourth-order valence-electron chi connectivity index (χ4n) is 1.31. The third-order valence-electron chi connectivity index (χ3n) is 1.97. The van der Waals surface area contributed by atoms with Gasteiger partial charge in [-0.1, -0.05) is 0 Å². The monoisotopic (exact) mass is 158 g/mol. The molecule has 0 aromatic carbocycles. The summed E-state index contributed by atoms with van der Waals surface area (Å²) >= 11 is 0. The van der Waals surface area contributed by atoms with E-state index in [2.05, 4.69) is 7.05 Å². The fraction of sp³-hybridized carbons (Fsp3) is 0.875. The average Bonchev–Trinajstić information content (AvgIpc) is 2.06. The number of rotatable bonds is 3. The van der Waals surface area contributed by atoms with E-state index in [0.29, 0.717) is 5.92 Å². The predicted octanol–water partition coefficient (Wildman–Crippen LogP) is 1.07. The van der Waals surface area contributed by atoms with Gasteiger partial charge in [-0.2, -0.15) is 0 Å². The SMILES string of the molecule is [CH2-]N(CC1CCCOC1)OC. The molecule has 1 unspecified atom stereocenters. The Labute approximate surface area is 68.2 Å². The highest BCUT2D eigenvalue weighted by Crippen LogP contribution is 2.14. The normalized spacial score (nSPS) is 25.9. The third-order valence-corrected chi connectivity index (χ3v) is 1.97. The molecule has 1 rings (SSSR count). The number of nitrogens with zero attached hydrogens (tertiary/aromatic N) is 1. The molecule has 1 atom stereocenters. The first-order chi connectivity index (χ1) is 5.33. The Morgan fingerprint density at radius 2 is 2.55 bits per heavy atom. The molecule has 1 heterocycles. The van der Waals surface area contributed by atoms with Crippen molar-refractivity contribution in [1.29, 1.82) is 0 Å². The lowest BCUT2D eigenvalue weighted by atomic mass is 10.0. The van der Waals surface area contributed by atoms with Gasteiger partial charge in [0, 0.05) is 6.61 Å². The largest absolute Gasteiger partial charge is 0.381 e. The van der Waals surface area contributed by atoms with Crippen LogP contribution in [0.15, 0.2) is 0 Å². The molecule has 0 radical (unpaired) electrons. The molecule has 0 bridgehead atoms. The van der Waals surface area contributed by atoms with Gasteiger partial charge in [-0.3, -0.25) is 7.05 Å². The highest BCUT2D eigenvalue weighted by atomic mass is 16.7. The Morgan fingerprint density at radius 3 is 3.09 bits per heavy atom. The second kappa shape index (κ2) is 4.70. The van der Waals surface area contributed by atoms with Gasteiger partial charge in [0.25, 0.3) is 0 Å². The lowest BCUT2D eigenvalue weighted by molar-refractivity contribution is -0.111. The van der Waals surface area contributed by atoms with Crippen molar-refractivity contribution in [2.24, 2.45) is 5.92 Å². The van der Waals surface area contributed by atoms with Gasteiger partial charge in [-0.05, 0) is 25.3 Å². The van der Waals surface area contributed by atoms with Crippen LogP contribution in [-0.4, -0.2) is 31.9 Å². The topological polar surface area (TPSA) is 21.7 Å². The molecule has 0 spiro atoms. The second-order valence-electron chi connectivity index (χ2n) is 2.93. The van der Waals surface area contributed by atoms with E-state index in [-0.39, 0.29) is 0 Å². The van der Waals surface area contributed by atoms with E-state index in [0.717, 1.165) is 19.8 Å². The first-order valence-electron chi connectivity index (χ1n) is 4.03. The minimum Gasteiger partial charge on any atom is -0.381 e. The van der Waals surface area contributed by atoms with Crippen LogP contribution in [-0.2, 0) is 9.57 Å². The van der Waals surface area contributed by atoms with E-state index < -0.39 is 0 Å². The number of ether oxygens (including phenoxy) is 1. The zero-order chi connectivity index (χ0) is 8.10. The highest BCUT2D eigenvalue weighted by molar-refractivity contribution is 4.64.